The predicted octanol–water partition coefficient (Wildman–Crippen LogP) is -0.189. The number of methoxy groups -OCH3 is 1. The van der Waals surface area contributed by atoms with Crippen LogP contribution in [-0.4, -0.2) is 56.1 Å². The highest BCUT2D eigenvalue weighted by molar-refractivity contribution is 7.09. The number of carbonyl (C=O) groups is 2. The van der Waals surface area contributed by atoms with Crippen LogP contribution in [-0.2, 0) is 20.9 Å². The Bertz CT molecular complexity index is 440. The van der Waals surface area contributed by atoms with Crippen LogP contribution in [0.4, 0.5) is 0 Å². The van der Waals surface area contributed by atoms with Crippen LogP contribution < -0.4 is 10.6 Å². The maximum atomic E-state index is 12.5. The second kappa shape index (κ2) is 7.37. The molecule has 2 amide bonds. The summed E-state index contributed by atoms with van der Waals surface area (Å²) in [5.41, 5.74) is 0. The Morgan fingerprint density at radius 3 is 3.05 bits per heavy atom. The molecule has 2 N–H and O–H groups in total. The highest BCUT2D eigenvalue weighted by atomic mass is 32.1. The van der Waals surface area contributed by atoms with Crippen molar-refractivity contribution in [2.45, 2.75) is 12.6 Å². The summed E-state index contributed by atoms with van der Waals surface area (Å²) >= 11 is 1.62. The van der Waals surface area contributed by atoms with Crippen molar-refractivity contribution in [3.05, 3.63) is 22.4 Å². The lowest BCUT2D eigenvalue weighted by Gasteiger charge is -2.29. The molecule has 6 nitrogen and oxygen atoms in total. The zero-order valence-electron chi connectivity index (χ0n) is 11.4. The minimum absolute atomic E-state index is 0.00421. The average molecular weight is 297 g/mol. The summed E-state index contributed by atoms with van der Waals surface area (Å²) < 4.78 is 5.07. The molecule has 0 bridgehead atoms. The minimum atomic E-state index is -0.357. The average Bonchev–Trinajstić information content (AvgIpc) is 2.96. The first kappa shape index (κ1) is 15.0. The van der Waals surface area contributed by atoms with Crippen LogP contribution in [0.25, 0.3) is 0 Å². The van der Waals surface area contributed by atoms with Gasteiger partial charge in [-0.2, -0.15) is 0 Å². The molecule has 2 rings (SSSR count). The fourth-order valence-corrected chi connectivity index (χ4v) is 2.74. The van der Waals surface area contributed by atoms with Crippen LogP contribution in [0.5, 0.6) is 0 Å². The predicted molar refractivity (Wildman–Crippen MR) is 76.4 cm³/mol. The van der Waals surface area contributed by atoms with E-state index in [-0.39, 0.29) is 24.4 Å². The van der Waals surface area contributed by atoms with Crippen molar-refractivity contribution >= 4 is 23.2 Å². The summed E-state index contributed by atoms with van der Waals surface area (Å²) in [5, 5.41) is 7.66. The number of ether oxygens (including phenoxy) is 1. The van der Waals surface area contributed by atoms with E-state index in [4.69, 9.17) is 4.74 Å². The van der Waals surface area contributed by atoms with Gasteiger partial charge in [0.05, 0.1) is 19.7 Å². The van der Waals surface area contributed by atoms with Crippen LogP contribution in [0.15, 0.2) is 17.5 Å². The third-order valence-corrected chi connectivity index (χ3v) is 3.98. The van der Waals surface area contributed by atoms with Crippen LogP contribution in [0.3, 0.4) is 0 Å². The summed E-state index contributed by atoms with van der Waals surface area (Å²) in [6.45, 7) is 2.14. The van der Waals surface area contributed by atoms with Gasteiger partial charge in [-0.15, -0.1) is 11.3 Å². The van der Waals surface area contributed by atoms with E-state index in [2.05, 4.69) is 10.6 Å². The first-order valence-corrected chi connectivity index (χ1v) is 7.39. The highest BCUT2D eigenvalue weighted by Crippen LogP contribution is 2.13. The van der Waals surface area contributed by atoms with Gasteiger partial charge >= 0.3 is 0 Å². The Morgan fingerprint density at radius 2 is 2.45 bits per heavy atom. The summed E-state index contributed by atoms with van der Waals surface area (Å²) in [6, 6.07) is 3.62. The van der Waals surface area contributed by atoms with Gasteiger partial charge in [-0.25, -0.2) is 0 Å². The molecule has 0 aliphatic carbocycles. The molecule has 0 saturated carbocycles. The molecule has 0 spiro atoms. The number of hydrogen-bond donors (Lipinski definition) is 2. The van der Waals surface area contributed by atoms with Crippen molar-refractivity contribution in [2.75, 3.05) is 33.4 Å². The van der Waals surface area contributed by atoms with Gasteiger partial charge in [0, 0.05) is 25.1 Å². The standard InChI is InChI=1S/C13H19N3O3S/c1-19-5-4-16(9-10-3-2-6-20-10)13(18)11-7-15-12(17)8-14-11/h2-3,6,11,14H,4-5,7-9H2,1H3,(H,15,17). The van der Waals surface area contributed by atoms with E-state index >= 15 is 0 Å². The van der Waals surface area contributed by atoms with E-state index in [1.165, 1.54) is 0 Å². The largest absolute Gasteiger partial charge is 0.383 e. The van der Waals surface area contributed by atoms with E-state index in [1.807, 2.05) is 17.5 Å². The first-order valence-electron chi connectivity index (χ1n) is 6.51. The molecule has 1 aromatic heterocycles. The summed E-state index contributed by atoms with van der Waals surface area (Å²) in [5.74, 6) is -0.0776. The number of carbonyl (C=O) groups excluding carboxylic acids is 2. The molecule has 1 unspecified atom stereocenters. The SMILES string of the molecule is COCCN(Cc1cccs1)C(=O)C1CNC(=O)CN1. The molecule has 1 aliphatic heterocycles. The van der Waals surface area contributed by atoms with E-state index < -0.39 is 0 Å². The highest BCUT2D eigenvalue weighted by Gasteiger charge is 2.27. The minimum Gasteiger partial charge on any atom is -0.383 e. The third kappa shape index (κ3) is 4.03. The molecular weight excluding hydrogens is 278 g/mol. The number of hydrogen-bond acceptors (Lipinski definition) is 5. The molecule has 0 aromatic carbocycles. The molecule has 110 valence electrons. The van der Waals surface area contributed by atoms with Gasteiger partial charge in [-0.3, -0.25) is 14.9 Å². The van der Waals surface area contributed by atoms with Crippen molar-refractivity contribution in [3.8, 4) is 0 Å². The molecule has 1 saturated heterocycles. The Kier molecular flexibility index (Phi) is 5.51. The van der Waals surface area contributed by atoms with Crippen LogP contribution in [0, 0.1) is 0 Å². The fourth-order valence-electron chi connectivity index (χ4n) is 2.02. The van der Waals surface area contributed by atoms with Crippen LogP contribution >= 0.6 is 11.3 Å². The lowest BCUT2D eigenvalue weighted by molar-refractivity contribution is -0.136. The van der Waals surface area contributed by atoms with Gasteiger partial charge in [-0.1, -0.05) is 6.07 Å². The molecule has 1 aromatic rings. The first-order chi connectivity index (χ1) is 9.70. The number of amides is 2. The second-order valence-electron chi connectivity index (χ2n) is 4.57. The van der Waals surface area contributed by atoms with Crippen molar-refractivity contribution in [3.63, 3.8) is 0 Å². The van der Waals surface area contributed by atoms with Gasteiger partial charge in [0.2, 0.25) is 11.8 Å². The molecule has 1 aliphatic rings. The summed E-state index contributed by atoms with van der Waals surface area (Å²) in [6.07, 6.45) is 0. The Balaban J connectivity index is 1.97. The smallest absolute Gasteiger partial charge is 0.241 e. The van der Waals surface area contributed by atoms with E-state index in [0.29, 0.717) is 26.2 Å². The van der Waals surface area contributed by atoms with Crippen molar-refractivity contribution in [1.29, 1.82) is 0 Å². The molecule has 7 heteroatoms. The number of rotatable bonds is 6. The van der Waals surface area contributed by atoms with E-state index in [1.54, 1.807) is 23.3 Å². The van der Waals surface area contributed by atoms with Gasteiger partial charge < -0.3 is 15.0 Å². The van der Waals surface area contributed by atoms with Crippen molar-refractivity contribution in [1.82, 2.24) is 15.5 Å². The molecule has 20 heavy (non-hydrogen) atoms. The Morgan fingerprint density at radius 1 is 1.60 bits per heavy atom. The number of nitrogens with zero attached hydrogens (tertiary/aromatic N) is 1. The summed E-state index contributed by atoms with van der Waals surface area (Å²) in [7, 11) is 1.62. The van der Waals surface area contributed by atoms with Gasteiger partial charge in [-0.05, 0) is 11.4 Å². The van der Waals surface area contributed by atoms with Gasteiger partial charge in [0.25, 0.3) is 0 Å². The monoisotopic (exact) mass is 297 g/mol. The van der Waals surface area contributed by atoms with Gasteiger partial charge in [0.1, 0.15) is 6.04 Å². The lowest BCUT2D eigenvalue weighted by Crippen LogP contribution is -2.58. The normalized spacial score (nSPS) is 18.6. The fraction of sp³-hybridized carbons (Fsp3) is 0.538. The zero-order chi connectivity index (χ0) is 14.4. The molecule has 0 radical (unpaired) electrons. The Labute approximate surface area is 122 Å². The molecule has 1 atom stereocenters. The zero-order valence-corrected chi connectivity index (χ0v) is 12.2. The number of thiophene rings is 1. The summed E-state index contributed by atoms with van der Waals surface area (Å²) in [4.78, 5) is 26.5. The van der Waals surface area contributed by atoms with Gasteiger partial charge in [0.15, 0.2) is 0 Å². The molecule has 1 fully saturated rings. The Hall–Kier alpha value is -1.44. The maximum absolute atomic E-state index is 12.5. The van der Waals surface area contributed by atoms with E-state index in [0.717, 1.165) is 4.88 Å². The number of piperazine rings is 1. The van der Waals surface area contributed by atoms with Crippen molar-refractivity contribution in [2.24, 2.45) is 0 Å². The van der Waals surface area contributed by atoms with E-state index in [9.17, 15) is 9.59 Å². The molecular formula is C13H19N3O3S. The second-order valence-corrected chi connectivity index (χ2v) is 5.60. The lowest BCUT2D eigenvalue weighted by atomic mass is 10.2. The third-order valence-electron chi connectivity index (χ3n) is 3.11. The topological polar surface area (TPSA) is 70.7 Å². The quantitative estimate of drug-likeness (QED) is 0.763. The molecule has 2 heterocycles. The number of nitrogens with one attached hydrogen (secondary N) is 2. The van der Waals surface area contributed by atoms with Crippen LogP contribution in [0.2, 0.25) is 0 Å². The van der Waals surface area contributed by atoms with Crippen LogP contribution in [0.1, 0.15) is 4.88 Å². The maximum Gasteiger partial charge on any atom is 0.241 e. The van der Waals surface area contributed by atoms with Crippen molar-refractivity contribution < 1.29 is 14.3 Å².